The van der Waals surface area contributed by atoms with Crippen molar-refractivity contribution in [2.45, 2.75) is 6.92 Å². The van der Waals surface area contributed by atoms with Crippen molar-refractivity contribution in [1.82, 2.24) is 15.2 Å². The van der Waals surface area contributed by atoms with E-state index < -0.39 is 0 Å². The van der Waals surface area contributed by atoms with Gasteiger partial charge in [-0.2, -0.15) is 0 Å². The number of hydrogen-bond acceptors (Lipinski definition) is 9. The summed E-state index contributed by atoms with van der Waals surface area (Å²) in [5.74, 6) is 2.34. The van der Waals surface area contributed by atoms with E-state index in [1.807, 2.05) is 78.9 Å². The first-order valence-corrected chi connectivity index (χ1v) is 14.5. The first kappa shape index (κ1) is 28.6. The molecule has 0 bridgehead atoms. The van der Waals surface area contributed by atoms with Gasteiger partial charge in [-0.25, -0.2) is 4.98 Å². The van der Waals surface area contributed by atoms with Gasteiger partial charge in [0, 0.05) is 34.9 Å². The Hall–Kier alpha value is -5.48. The number of carbonyl (C=O) groups excluding carboxylic acids is 1. The predicted molar refractivity (Wildman–Crippen MR) is 171 cm³/mol. The second kappa shape index (κ2) is 12.4. The van der Waals surface area contributed by atoms with Crippen LogP contribution in [0.3, 0.4) is 0 Å². The van der Waals surface area contributed by atoms with Crippen LogP contribution in [0, 0.1) is 6.92 Å². The van der Waals surface area contributed by atoms with Gasteiger partial charge in [0.15, 0.2) is 11.5 Å². The van der Waals surface area contributed by atoms with Crippen LogP contribution in [0.4, 0.5) is 5.69 Å². The Balaban J connectivity index is 1.40. The molecular weight excluding hydrogens is 576 g/mol. The fourth-order valence-electron chi connectivity index (χ4n) is 4.78. The molecule has 2 aromatic heterocycles. The zero-order valence-electron chi connectivity index (χ0n) is 24.5. The van der Waals surface area contributed by atoms with E-state index in [1.165, 1.54) is 0 Å². The summed E-state index contributed by atoms with van der Waals surface area (Å²) >= 11 is 1.55. The third-order valence-electron chi connectivity index (χ3n) is 6.93. The maximum Gasteiger partial charge on any atom is 0.255 e. The number of hydrogen-bond donors (Lipinski definition) is 1. The standard InChI is InChI=1S/C34H28N4O5S/c1-20-37-38-33(43-20)23-12-10-21(11-13-23)31-28(26-18-19-27(40-2)30(42-4)29(26)41-3)36-34(44-31)24-14-16-25(17-15-24)35-32(39)22-8-6-5-7-9-22/h5-19H,1-4H3,(H,35,39). The molecule has 44 heavy (non-hydrogen) atoms. The number of anilines is 1. The number of ether oxygens (including phenoxy) is 3. The Bertz CT molecular complexity index is 1920. The molecule has 0 spiro atoms. The molecule has 0 fully saturated rings. The third-order valence-corrected chi connectivity index (χ3v) is 8.09. The number of thiazole rings is 1. The Morgan fingerprint density at radius 1 is 0.750 bits per heavy atom. The number of benzene rings is 4. The van der Waals surface area contributed by atoms with Crippen LogP contribution in [0.2, 0.25) is 0 Å². The van der Waals surface area contributed by atoms with Crippen LogP contribution in [-0.2, 0) is 0 Å². The van der Waals surface area contributed by atoms with E-state index >= 15 is 0 Å². The summed E-state index contributed by atoms with van der Waals surface area (Å²) in [6.07, 6.45) is 0. The molecule has 0 unspecified atom stereocenters. The van der Waals surface area contributed by atoms with Crippen molar-refractivity contribution in [3.8, 4) is 61.0 Å². The number of nitrogens with zero attached hydrogens (tertiary/aromatic N) is 3. The van der Waals surface area contributed by atoms with Gasteiger partial charge in [0.2, 0.25) is 17.5 Å². The van der Waals surface area contributed by atoms with Crippen molar-refractivity contribution in [1.29, 1.82) is 0 Å². The third kappa shape index (κ3) is 5.62. The lowest BCUT2D eigenvalue weighted by Crippen LogP contribution is -2.11. The molecule has 2 heterocycles. The van der Waals surface area contributed by atoms with Gasteiger partial charge < -0.3 is 23.9 Å². The van der Waals surface area contributed by atoms with Gasteiger partial charge in [0.1, 0.15) is 5.01 Å². The molecule has 0 radical (unpaired) electrons. The normalized spacial score (nSPS) is 10.8. The summed E-state index contributed by atoms with van der Waals surface area (Å²) in [5, 5.41) is 11.8. The largest absolute Gasteiger partial charge is 0.493 e. The maximum absolute atomic E-state index is 12.6. The first-order chi connectivity index (χ1) is 21.5. The predicted octanol–water partition coefficient (Wildman–Crippen LogP) is 7.78. The van der Waals surface area contributed by atoms with Crippen molar-refractivity contribution in [3.63, 3.8) is 0 Å². The molecule has 0 aliphatic heterocycles. The molecule has 1 amide bonds. The van der Waals surface area contributed by atoms with Gasteiger partial charge >= 0.3 is 0 Å². The van der Waals surface area contributed by atoms with Gasteiger partial charge in [-0.3, -0.25) is 4.79 Å². The van der Waals surface area contributed by atoms with Crippen LogP contribution in [0.15, 0.2) is 95.4 Å². The van der Waals surface area contributed by atoms with Crippen LogP contribution < -0.4 is 19.5 Å². The summed E-state index contributed by atoms with van der Waals surface area (Å²) < 4.78 is 22.6. The SMILES string of the molecule is COc1ccc(-c2nc(-c3ccc(NC(=O)c4ccccc4)cc3)sc2-c2ccc(-c3nnc(C)o3)cc2)c(OC)c1OC. The molecule has 10 heteroatoms. The Morgan fingerprint density at radius 2 is 1.43 bits per heavy atom. The molecule has 9 nitrogen and oxygen atoms in total. The van der Waals surface area contributed by atoms with Gasteiger partial charge in [-0.1, -0.05) is 30.3 Å². The number of amides is 1. The zero-order chi connectivity index (χ0) is 30.6. The molecule has 6 rings (SSSR count). The molecular formula is C34H28N4O5S. The summed E-state index contributed by atoms with van der Waals surface area (Å²) in [6, 6.07) is 28.4. The maximum atomic E-state index is 12.6. The van der Waals surface area contributed by atoms with E-state index in [9.17, 15) is 4.79 Å². The van der Waals surface area contributed by atoms with Crippen molar-refractivity contribution >= 4 is 22.9 Å². The summed E-state index contributed by atoms with van der Waals surface area (Å²) in [7, 11) is 4.76. The van der Waals surface area contributed by atoms with Crippen LogP contribution >= 0.6 is 11.3 Å². The van der Waals surface area contributed by atoms with Crippen molar-refractivity contribution < 1.29 is 23.4 Å². The molecule has 0 saturated heterocycles. The molecule has 6 aromatic rings. The van der Waals surface area contributed by atoms with E-state index in [2.05, 4.69) is 15.5 Å². The lowest BCUT2D eigenvalue weighted by atomic mass is 10.0. The zero-order valence-corrected chi connectivity index (χ0v) is 25.3. The van der Waals surface area contributed by atoms with Crippen molar-refractivity contribution in [2.24, 2.45) is 0 Å². The highest BCUT2D eigenvalue weighted by molar-refractivity contribution is 7.19. The molecule has 4 aromatic carbocycles. The first-order valence-electron chi connectivity index (χ1n) is 13.7. The number of aryl methyl sites for hydroxylation is 1. The molecule has 0 aliphatic carbocycles. The van der Waals surface area contributed by atoms with Crippen molar-refractivity contribution in [2.75, 3.05) is 26.6 Å². The smallest absolute Gasteiger partial charge is 0.255 e. The van der Waals surface area contributed by atoms with Gasteiger partial charge in [-0.05, 0) is 66.2 Å². The Morgan fingerprint density at radius 3 is 2.07 bits per heavy atom. The van der Waals surface area contributed by atoms with E-state index in [0.717, 1.165) is 37.8 Å². The Kier molecular flexibility index (Phi) is 8.07. The fourth-order valence-corrected chi connectivity index (χ4v) is 5.87. The van der Waals surface area contributed by atoms with Crippen LogP contribution in [0.1, 0.15) is 16.2 Å². The minimum Gasteiger partial charge on any atom is -0.493 e. The number of methoxy groups -OCH3 is 3. The molecule has 220 valence electrons. The minimum absolute atomic E-state index is 0.170. The molecule has 1 N–H and O–H groups in total. The quantitative estimate of drug-likeness (QED) is 0.178. The second-order valence-corrected chi connectivity index (χ2v) is 10.7. The fraction of sp³-hybridized carbons (Fsp3) is 0.118. The minimum atomic E-state index is -0.170. The lowest BCUT2D eigenvalue weighted by molar-refractivity contribution is 0.102. The number of nitrogens with one attached hydrogen (secondary N) is 1. The molecule has 0 aliphatic rings. The molecule has 0 atom stereocenters. The average molecular weight is 605 g/mol. The molecule has 0 saturated carbocycles. The monoisotopic (exact) mass is 604 g/mol. The summed E-state index contributed by atoms with van der Waals surface area (Å²) in [6.45, 7) is 1.76. The van der Waals surface area contributed by atoms with E-state index in [4.69, 9.17) is 23.6 Å². The van der Waals surface area contributed by atoms with Crippen LogP contribution in [-0.4, -0.2) is 42.4 Å². The average Bonchev–Trinajstić information content (AvgIpc) is 3.71. The van der Waals surface area contributed by atoms with Crippen LogP contribution in [0.5, 0.6) is 17.2 Å². The van der Waals surface area contributed by atoms with Crippen LogP contribution in [0.25, 0.3) is 43.7 Å². The van der Waals surface area contributed by atoms with Gasteiger partial charge in [-0.15, -0.1) is 21.5 Å². The van der Waals surface area contributed by atoms with E-state index in [-0.39, 0.29) is 5.91 Å². The highest BCUT2D eigenvalue weighted by atomic mass is 32.1. The second-order valence-electron chi connectivity index (χ2n) is 9.68. The van der Waals surface area contributed by atoms with Gasteiger partial charge in [0.25, 0.3) is 5.91 Å². The highest BCUT2D eigenvalue weighted by Crippen LogP contribution is 2.49. The number of carbonyl (C=O) groups is 1. The summed E-state index contributed by atoms with van der Waals surface area (Å²) in [5.41, 5.74) is 5.43. The van der Waals surface area contributed by atoms with E-state index in [0.29, 0.717) is 40.3 Å². The lowest BCUT2D eigenvalue weighted by Gasteiger charge is -2.15. The van der Waals surface area contributed by atoms with Crippen molar-refractivity contribution in [3.05, 3.63) is 102 Å². The Labute approximate surface area is 258 Å². The summed E-state index contributed by atoms with van der Waals surface area (Å²) in [4.78, 5) is 18.7. The number of aromatic nitrogens is 3. The topological polar surface area (TPSA) is 109 Å². The highest BCUT2D eigenvalue weighted by Gasteiger charge is 2.24. The van der Waals surface area contributed by atoms with E-state index in [1.54, 1.807) is 51.7 Å². The van der Waals surface area contributed by atoms with Gasteiger partial charge in [0.05, 0.1) is 31.9 Å². The number of rotatable bonds is 9.